The van der Waals surface area contributed by atoms with Crippen molar-refractivity contribution in [1.82, 2.24) is 14.9 Å². The van der Waals surface area contributed by atoms with Crippen LogP contribution in [0.2, 0.25) is 0 Å². The highest BCUT2D eigenvalue weighted by Crippen LogP contribution is 2.27. The molecular weight excluding hydrogens is 252 g/mol. The molecule has 0 aromatic carbocycles. The first kappa shape index (κ1) is 11.3. The second-order valence-corrected chi connectivity index (χ2v) is 4.13. The highest BCUT2D eigenvalue weighted by atomic mass is 16.3. The van der Waals surface area contributed by atoms with Crippen LogP contribution in [0.5, 0.6) is 0 Å². The van der Waals surface area contributed by atoms with E-state index in [0.717, 1.165) is 0 Å². The van der Waals surface area contributed by atoms with Crippen LogP contribution in [0, 0.1) is 0 Å². The SMILES string of the molecule is Cn1c2c(c(=O)[nH]c1=O)C(c1ccco1)NC(=O)N2. The number of anilines is 1. The highest BCUT2D eigenvalue weighted by Gasteiger charge is 2.32. The molecule has 8 heteroatoms. The van der Waals surface area contributed by atoms with E-state index in [1.54, 1.807) is 12.1 Å². The van der Waals surface area contributed by atoms with Gasteiger partial charge in [0.2, 0.25) is 0 Å². The number of hydrogen-bond acceptors (Lipinski definition) is 4. The lowest BCUT2D eigenvalue weighted by Crippen LogP contribution is -2.46. The molecule has 1 unspecified atom stereocenters. The number of furan rings is 1. The molecule has 2 amide bonds. The average molecular weight is 262 g/mol. The first-order valence-corrected chi connectivity index (χ1v) is 5.52. The summed E-state index contributed by atoms with van der Waals surface area (Å²) in [6.45, 7) is 0. The molecule has 0 spiro atoms. The molecule has 1 aliphatic rings. The zero-order chi connectivity index (χ0) is 13.6. The summed E-state index contributed by atoms with van der Waals surface area (Å²) in [5.41, 5.74) is -0.923. The molecule has 0 aliphatic carbocycles. The lowest BCUT2D eigenvalue weighted by atomic mass is 10.1. The monoisotopic (exact) mass is 262 g/mol. The molecule has 0 fully saturated rings. The van der Waals surface area contributed by atoms with E-state index in [1.807, 2.05) is 0 Å². The number of hydrogen-bond donors (Lipinski definition) is 3. The summed E-state index contributed by atoms with van der Waals surface area (Å²) in [6, 6.07) is 2.06. The van der Waals surface area contributed by atoms with E-state index >= 15 is 0 Å². The third kappa shape index (κ3) is 1.65. The predicted molar refractivity (Wildman–Crippen MR) is 65.0 cm³/mol. The van der Waals surface area contributed by atoms with Crippen molar-refractivity contribution in [3.63, 3.8) is 0 Å². The van der Waals surface area contributed by atoms with E-state index in [4.69, 9.17) is 4.42 Å². The van der Waals surface area contributed by atoms with Gasteiger partial charge in [0.15, 0.2) is 0 Å². The largest absolute Gasteiger partial charge is 0.467 e. The lowest BCUT2D eigenvalue weighted by Gasteiger charge is -2.25. The molecule has 3 heterocycles. The Morgan fingerprint density at radius 2 is 2.11 bits per heavy atom. The fourth-order valence-corrected chi connectivity index (χ4v) is 2.07. The van der Waals surface area contributed by atoms with Crippen molar-refractivity contribution in [1.29, 1.82) is 0 Å². The quantitative estimate of drug-likeness (QED) is 0.666. The maximum atomic E-state index is 11.9. The van der Waals surface area contributed by atoms with Crippen LogP contribution in [-0.2, 0) is 7.05 Å². The zero-order valence-corrected chi connectivity index (χ0v) is 9.89. The Morgan fingerprint density at radius 3 is 2.79 bits per heavy atom. The van der Waals surface area contributed by atoms with Crippen molar-refractivity contribution in [3.05, 3.63) is 50.6 Å². The van der Waals surface area contributed by atoms with Gasteiger partial charge in [-0.05, 0) is 12.1 Å². The smallest absolute Gasteiger partial charge is 0.329 e. The second-order valence-electron chi connectivity index (χ2n) is 4.13. The third-order valence-corrected chi connectivity index (χ3v) is 2.98. The van der Waals surface area contributed by atoms with Gasteiger partial charge in [-0.15, -0.1) is 0 Å². The third-order valence-electron chi connectivity index (χ3n) is 2.98. The highest BCUT2D eigenvalue weighted by molar-refractivity contribution is 5.92. The topological polar surface area (TPSA) is 109 Å². The van der Waals surface area contributed by atoms with Crippen LogP contribution in [0.15, 0.2) is 32.4 Å². The van der Waals surface area contributed by atoms with Gasteiger partial charge in [-0.3, -0.25) is 19.7 Å². The molecule has 8 nitrogen and oxygen atoms in total. The van der Waals surface area contributed by atoms with Gasteiger partial charge in [0, 0.05) is 7.05 Å². The molecule has 1 aliphatic heterocycles. The molecule has 2 aromatic heterocycles. The van der Waals surface area contributed by atoms with Crippen LogP contribution in [0.3, 0.4) is 0 Å². The van der Waals surface area contributed by atoms with E-state index in [0.29, 0.717) is 5.76 Å². The molecule has 0 radical (unpaired) electrons. The Labute approximate surface area is 106 Å². The fourth-order valence-electron chi connectivity index (χ4n) is 2.07. The number of aromatic nitrogens is 2. The predicted octanol–water partition coefficient (Wildman–Crippen LogP) is -0.109. The van der Waals surface area contributed by atoms with Crippen LogP contribution in [0.25, 0.3) is 0 Å². The first-order chi connectivity index (χ1) is 9.08. The molecular formula is C11H10N4O4. The van der Waals surface area contributed by atoms with Crippen LogP contribution in [0.1, 0.15) is 17.4 Å². The number of carbonyl (C=O) groups excluding carboxylic acids is 1. The minimum Gasteiger partial charge on any atom is -0.467 e. The molecule has 98 valence electrons. The summed E-state index contributed by atoms with van der Waals surface area (Å²) in [6.07, 6.45) is 1.44. The molecule has 0 saturated carbocycles. The van der Waals surface area contributed by atoms with Gasteiger partial charge in [0.1, 0.15) is 17.6 Å². The molecule has 2 aromatic rings. The summed E-state index contributed by atoms with van der Waals surface area (Å²) in [7, 11) is 1.46. The van der Waals surface area contributed by atoms with E-state index < -0.39 is 23.3 Å². The molecule has 0 bridgehead atoms. The minimum atomic E-state index is -0.728. The maximum absolute atomic E-state index is 11.9. The van der Waals surface area contributed by atoms with Gasteiger partial charge >= 0.3 is 11.7 Å². The van der Waals surface area contributed by atoms with E-state index in [-0.39, 0.29) is 11.4 Å². The van der Waals surface area contributed by atoms with Gasteiger partial charge in [0.25, 0.3) is 5.56 Å². The number of nitrogens with zero attached hydrogens (tertiary/aromatic N) is 1. The standard InChI is InChI=1S/C11H10N4O4/c1-15-8-6(9(16)14-11(15)18)7(12-10(17)13-8)5-3-2-4-19-5/h2-4,7H,1H3,(H2,12,13,17)(H,14,16,18). The van der Waals surface area contributed by atoms with Gasteiger partial charge in [-0.25, -0.2) is 9.59 Å². The number of fused-ring (bicyclic) bond motifs is 1. The number of urea groups is 1. The Bertz CT molecular complexity index is 756. The first-order valence-electron chi connectivity index (χ1n) is 5.52. The molecule has 19 heavy (non-hydrogen) atoms. The van der Waals surface area contributed by atoms with Gasteiger partial charge in [0.05, 0.1) is 11.8 Å². The Balaban J connectivity index is 2.30. The van der Waals surface area contributed by atoms with E-state index in [1.165, 1.54) is 17.9 Å². The minimum absolute atomic E-state index is 0.166. The number of carbonyl (C=O) groups is 1. The Morgan fingerprint density at radius 1 is 1.32 bits per heavy atom. The fraction of sp³-hybridized carbons (Fsp3) is 0.182. The van der Waals surface area contributed by atoms with Crippen molar-refractivity contribution in [2.24, 2.45) is 7.05 Å². The summed E-state index contributed by atoms with van der Waals surface area (Å²) >= 11 is 0. The summed E-state index contributed by atoms with van der Waals surface area (Å²) in [5, 5.41) is 5.04. The Kier molecular flexibility index (Phi) is 2.31. The van der Waals surface area contributed by atoms with Crippen molar-refractivity contribution < 1.29 is 9.21 Å². The number of H-pyrrole nitrogens is 1. The lowest BCUT2D eigenvalue weighted by molar-refractivity contribution is 0.246. The zero-order valence-electron chi connectivity index (χ0n) is 9.89. The normalized spacial score (nSPS) is 17.5. The summed E-state index contributed by atoms with van der Waals surface area (Å²) < 4.78 is 6.39. The average Bonchev–Trinajstić information content (AvgIpc) is 2.88. The number of rotatable bonds is 1. The van der Waals surface area contributed by atoms with Crippen molar-refractivity contribution in [2.75, 3.05) is 5.32 Å². The summed E-state index contributed by atoms with van der Waals surface area (Å²) in [5.74, 6) is 0.583. The van der Waals surface area contributed by atoms with Gasteiger partial charge < -0.3 is 9.73 Å². The van der Waals surface area contributed by atoms with Crippen LogP contribution < -0.4 is 21.9 Å². The van der Waals surface area contributed by atoms with E-state index in [2.05, 4.69) is 15.6 Å². The number of aromatic amines is 1. The number of nitrogens with one attached hydrogen (secondary N) is 3. The Hall–Kier alpha value is -2.77. The summed E-state index contributed by atoms with van der Waals surface area (Å²) in [4.78, 5) is 37.3. The molecule has 0 saturated heterocycles. The van der Waals surface area contributed by atoms with Crippen LogP contribution in [0.4, 0.5) is 10.6 Å². The van der Waals surface area contributed by atoms with Gasteiger partial charge in [-0.1, -0.05) is 0 Å². The van der Waals surface area contributed by atoms with Crippen LogP contribution >= 0.6 is 0 Å². The molecule has 3 N–H and O–H groups in total. The van der Waals surface area contributed by atoms with Crippen LogP contribution in [-0.4, -0.2) is 15.6 Å². The van der Waals surface area contributed by atoms with Crippen molar-refractivity contribution in [3.8, 4) is 0 Å². The van der Waals surface area contributed by atoms with Crippen molar-refractivity contribution >= 4 is 11.8 Å². The second kappa shape index (κ2) is 3.87. The maximum Gasteiger partial charge on any atom is 0.329 e. The number of amides is 2. The van der Waals surface area contributed by atoms with Crippen molar-refractivity contribution in [2.45, 2.75) is 6.04 Å². The molecule has 1 atom stereocenters. The van der Waals surface area contributed by atoms with Gasteiger partial charge in [-0.2, -0.15) is 0 Å². The van der Waals surface area contributed by atoms with E-state index in [9.17, 15) is 14.4 Å². The molecule has 3 rings (SSSR count).